The van der Waals surface area contributed by atoms with Gasteiger partial charge < -0.3 is 10.4 Å². The summed E-state index contributed by atoms with van der Waals surface area (Å²) in [6, 6.07) is 2.77. The third kappa shape index (κ3) is 4.61. The average Bonchev–Trinajstić information content (AvgIpc) is 3.12. The van der Waals surface area contributed by atoms with Crippen molar-refractivity contribution in [3.8, 4) is 0 Å². The van der Waals surface area contributed by atoms with E-state index in [0.717, 1.165) is 23.0 Å². The predicted molar refractivity (Wildman–Crippen MR) is 69.1 cm³/mol. The van der Waals surface area contributed by atoms with E-state index >= 15 is 0 Å². The van der Waals surface area contributed by atoms with Gasteiger partial charge in [-0.1, -0.05) is 11.8 Å². The lowest BCUT2D eigenvalue weighted by molar-refractivity contribution is 0.238. The molecule has 17 heavy (non-hydrogen) atoms. The van der Waals surface area contributed by atoms with Gasteiger partial charge in [0.15, 0.2) is 5.16 Å². The van der Waals surface area contributed by atoms with Crippen LogP contribution in [-0.4, -0.2) is 39.5 Å². The van der Waals surface area contributed by atoms with Crippen molar-refractivity contribution in [2.45, 2.75) is 43.4 Å². The molecule has 1 saturated carbocycles. The Kier molecular flexibility index (Phi) is 4.76. The van der Waals surface area contributed by atoms with Gasteiger partial charge in [-0.25, -0.2) is 9.97 Å². The minimum atomic E-state index is 0.214. The second-order valence-electron chi connectivity index (χ2n) is 4.44. The molecule has 0 aliphatic heterocycles. The summed E-state index contributed by atoms with van der Waals surface area (Å²) < 4.78 is 0. The second-order valence-corrected chi connectivity index (χ2v) is 5.50. The van der Waals surface area contributed by atoms with Crippen LogP contribution in [0.1, 0.15) is 25.0 Å². The Hall–Kier alpha value is -0.650. The van der Waals surface area contributed by atoms with Gasteiger partial charge in [0.1, 0.15) is 0 Å². The van der Waals surface area contributed by atoms with Crippen LogP contribution in [-0.2, 0) is 0 Å². The molecule has 1 unspecified atom stereocenters. The van der Waals surface area contributed by atoms with Crippen molar-refractivity contribution in [2.24, 2.45) is 0 Å². The van der Waals surface area contributed by atoms with Gasteiger partial charge in [-0.05, 0) is 32.3 Å². The lowest BCUT2D eigenvalue weighted by atomic mass is 10.2. The Morgan fingerprint density at radius 1 is 1.59 bits per heavy atom. The number of aliphatic hydroxyl groups is 1. The van der Waals surface area contributed by atoms with E-state index in [0.29, 0.717) is 6.04 Å². The first-order valence-corrected chi connectivity index (χ1v) is 7.06. The standard InChI is InChI=1S/C12H19N3OS/c1-9-4-6-13-12(14-9)17-7-5-11(8-16)15-10-2-3-10/h4,6,10-11,15-16H,2-3,5,7-8H2,1H3. The normalized spacial score (nSPS) is 17.1. The van der Waals surface area contributed by atoms with Crippen LogP contribution in [0.15, 0.2) is 17.4 Å². The molecule has 0 spiro atoms. The number of hydrogen-bond acceptors (Lipinski definition) is 5. The number of nitrogens with one attached hydrogen (secondary N) is 1. The number of rotatable bonds is 7. The fraction of sp³-hybridized carbons (Fsp3) is 0.667. The van der Waals surface area contributed by atoms with Crippen LogP contribution in [0.5, 0.6) is 0 Å². The third-order valence-electron chi connectivity index (χ3n) is 2.74. The van der Waals surface area contributed by atoms with Gasteiger partial charge in [0.2, 0.25) is 0 Å². The summed E-state index contributed by atoms with van der Waals surface area (Å²) in [5.41, 5.74) is 0.998. The van der Waals surface area contributed by atoms with Crippen LogP contribution in [0.2, 0.25) is 0 Å². The van der Waals surface area contributed by atoms with E-state index in [-0.39, 0.29) is 12.6 Å². The minimum Gasteiger partial charge on any atom is -0.395 e. The molecule has 2 N–H and O–H groups in total. The summed E-state index contributed by atoms with van der Waals surface area (Å²) in [6.45, 7) is 2.18. The summed E-state index contributed by atoms with van der Waals surface area (Å²) in [4.78, 5) is 8.54. The molecule has 4 nitrogen and oxygen atoms in total. The molecular formula is C12H19N3OS. The smallest absolute Gasteiger partial charge is 0.187 e. The molecule has 1 fully saturated rings. The fourth-order valence-corrected chi connectivity index (χ4v) is 2.53. The van der Waals surface area contributed by atoms with Crippen LogP contribution in [0.25, 0.3) is 0 Å². The Morgan fingerprint density at radius 3 is 3.06 bits per heavy atom. The molecule has 94 valence electrons. The first-order valence-electron chi connectivity index (χ1n) is 6.07. The monoisotopic (exact) mass is 253 g/mol. The molecule has 1 aliphatic rings. The lowest BCUT2D eigenvalue weighted by Gasteiger charge is -2.14. The largest absolute Gasteiger partial charge is 0.395 e. The van der Waals surface area contributed by atoms with Crippen molar-refractivity contribution < 1.29 is 5.11 Å². The number of aryl methyl sites for hydroxylation is 1. The quantitative estimate of drug-likeness (QED) is 0.568. The molecule has 0 aromatic carbocycles. The van der Waals surface area contributed by atoms with Crippen LogP contribution in [0.4, 0.5) is 0 Å². The van der Waals surface area contributed by atoms with E-state index in [4.69, 9.17) is 0 Å². The van der Waals surface area contributed by atoms with Gasteiger partial charge >= 0.3 is 0 Å². The maximum absolute atomic E-state index is 9.24. The molecule has 1 atom stereocenters. The molecule has 0 saturated heterocycles. The molecule has 0 radical (unpaired) electrons. The maximum Gasteiger partial charge on any atom is 0.187 e. The van der Waals surface area contributed by atoms with E-state index in [1.807, 2.05) is 13.0 Å². The highest BCUT2D eigenvalue weighted by molar-refractivity contribution is 7.99. The number of aliphatic hydroxyl groups excluding tert-OH is 1. The molecule has 5 heteroatoms. The van der Waals surface area contributed by atoms with Crippen LogP contribution >= 0.6 is 11.8 Å². The Morgan fingerprint density at radius 2 is 2.41 bits per heavy atom. The van der Waals surface area contributed by atoms with E-state index < -0.39 is 0 Å². The Bertz CT molecular complexity index is 357. The van der Waals surface area contributed by atoms with E-state index in [9.17, 15) is 5.11 Å². The third-order valence-corrected chi connectivity index (χ3v) is 3.63. The molecule has 0 amide bonds. The van der Waals surface area contributed by atoms with Crippen LogP contribution < -0.4 is 5.32 Å². The molecule has 1 aliphatic carbocycles. The Balaban J connectivity index is 1.70. The number of hydrogen-bond donors (Lipinski definition) is 2. The summed E-state index contributed by atoms with van der Waals surface area (Å²) >= 11 is 1.65. The number of nitrogens with zero attached hydrogens (tertiary/aromatic N) is 2. The summed E-state index contributed by atoms with van der Waals surface area (Å²) in [7, 11) is 0. The Labute approximate surface area is 106 Å². The number of thioether (sulfide) groups is 1. The van der Waals surface area contributed by atoms with Gasteiger partial charge in [0, 0.05) is 29.7 Å². The predicted octanol–water partition coefficient (Wildman–Crippen LogP) is 1.38. The van der Waals surface area contributed by atoms with Crippen molar-refractivity contribution >= 4 is 11.8 Å². The summed E-state index contributed by atoms with van der Waals surface area (Å²) in [5.74, 6) is 0.939. The average molecular weight is 253 g/mol. The van der Waals surface area contributed by atoms with Gasteiger partial charge in [0.25, 0.3) is 0 Å². The van der Waals surface area contributed by atoms with Crippen LogP contribution in [0, 0.1) is 6.92 Å². The van der Waals surface area contributed by atoms with Gasteiger partial charge in [-0.15, -0.1) is 0 Å². The van der Waals surface area contributed by atoms with E-state index in [1.54, 1.807) is 18.0 Å². The van der Waals surface area contributed by atoms with Crippen molar-refractivity contribution in [1.29, 1.82) is 0 Å². The fourth-order valence-electron chi connectivity index (χ4n) is 1.60. The van der Waals surface area contributed by atoms with Gasteiger partial charge in [-0.3, -0.25) is 0 Å². The van der Waals surface area contributed by atoms with E-state index in [1.165, 1.54) is 12.8 Å². The zero-order valence-electron chi connectivity index (χ0n) is 10.1. The second kappa shape index (κ2) is 6.33. The van der Waals surface area contributed by atoms with Crippen molar-refractivity contribution in [2.75, 3.05) is 12.4 Å². The summed E-state index contributed by atoms with van der Waals surface area (Å²) in [5, 5.41) is 13.5. The van der Waals surface area contributed by atoms with Crippen molar-refractivity contribution in [3.63, 3.8) is 0 Å². The lowest BCUT2D eigenvalue weighted by Crippen LogP contribution is -2.34. The highest BCUT2D eigenvalue weighted by Crippen LogP contribution is 2.21. The van der Waals surface area contributed by atoms with Crippen LogP contribution in [0.3, 0.4) is 0 Å². The molecule has 1 aromatic rings. The van der Waals surface area contributed by atoms with E-state index in [2.05, 4.69) is 15.3 Å². The molecule has 2 rings (SSSR count). The zero-order valence-corrected chi connectivity index (χ0v) is 10.9. The van der Waals surface area contributed by atoms with Gasteiger partial charge in [0.05, 0.1) is 6.61 Å². The molecular weight excluding hydrogens is 234 g/mol. The number of aromatic nitrogens is 2. The molecule has 1 aromatic heterocycles. The highest BCUT2D eigenvalue weighted by atomic mass is 32.2. The molecule has 1 heterocycles. The SMILES string of the molecule is Cc1ccnc(SCCC(CO)NC2CC2)n1. The minimum absolute atomic E-state index is 0.214. The first kappa shape index (κ1) is 12.8. The molecule has 0 bridgehead atoms. The zero-order chi connectivity index (χ0) is 12.1. The topological polar surface area (TPSA) is 58.0 Å². The highest BCUT2D eigenvalue weighted by Gasteiger charge is 2.23. The van der Waals surface area contributed by atoms with Crippen molar-refractivity contribution in [3.05, 3.63) is 18.0 Å². The van der Waals surface area contributed by atoms with Crippen molar-refractivity contribution in [1.82, 2.24) is 15.3 Å². The summed E-state index contributed by atoms with van der Waals surface area (Å²) in [6.07, 6.45) is 5.25. The first-order chi connectivity index (χ1) is 8.28. The van der Waals surface area contributed by atoms with Gasteiger partial charge in [-0.2, -0.15) is 0 Å². The maximum atomic E-state index is 9.24.